The number of hydrogen-bond acceptors (Lipinski definition) is 3. The summed E-state index contributed by atoms with van der Waals surface area (Å²) in [6.07, 6.45) is 0. The molecule has 5 nitrogen and oxygen atoms in total. The summed E-state index contributed by atoms with van der Waals surface area (Å²) in [7, 11) is 0. The Labute approximate surface area is 113 Å². The van der Waals surface area contributed by atoms with Crippen molar-refractivity contribution in [1.82, 2.24) is 5.48 Å². The molecule has 2 N–H and O–H groups in total. The van der Waals surface area contributed by atoms with E-state index in [1.807, 2.05) is 20.8 Å². The molecule has 104 valence electrons. The number of nitrogens with one attached hydrogen (secondary N) is 2. The Morgan fingerprint density at radius 3 is 2.53 bits per heavy atom. The fourth-order valence-electron chi connectivity index (χ4n) is 1.25. The first-order chi connectivity index (χ1) is 8.84. The van der Waals surface area contributed by atoms with Crippen LogP contribution in [-0.2, 0) is 9.63 Å². The highest BCUT2D eigenvalue weighted by molar-refractivity contribution is 5.98. The predicted octanol–water partition coefficient (Wildman–Crippen LogP) is 2.35. The van der Waals surface area contributed by atoms with Gasteiger partial charge in [0.1, 0.15) is 0 Å². The molecule has 1 rings (SSSR count). The predicted molar refractivity (Wildman–Crippen MR) is 73.6 cm³/mol. The third-order valence-corrected chi connectivity index (χ3v) is 2.37. The van der Waals surface area contributed by atoms with Crippen LogP contribution in [0.25, 0.3) is 0 Å². The molecule has 0 saturated heterocycles. The number of benzene rings is 1. The zero-order chi connectivity index (χ0) is 14.5. The quantitative estimate of drug-likeness (QED) is 0.820. The van der Waals surface area contributed by atoms with Crippen LogP contribution in [0.4, 0.5) is 5.69 Å². The van der Waals surface area contributed by atoms with Gasteiger partial charge in [0.25, 0.3) is 5.91 Å². The van der Waals surface area contributed by atoms with Crippen LogP contribution < -0.4 is 10.8 Å². The molecule has 0 aliphatic heterocycles. The maximum absolute atomic E-state index is 11.9. The average molecular weight is 264 g/mol. The molecule has 0 aliphatic carbocycles. The van der Waals surface area contributed by atoms with Gasteiger partial charge in [-0.2, -0.15) is 0 Å². The van der Waals surface area contributed by atoms with Crippen LogP contribution in [0.3, 0.4) is 0 Å². The van der Waals surface area contributed by atoms with E-state index in [2.05, 4.69) is 10.8 Å². The maximum Gasteiger partial charge on any atom is 0.274 e. The van der Waals surface area contributed by atoms with Crippen molar-refractivity contribution in [2.75, 3.05) is 11.9 Å². The van der Waals surface area contributed by atoms with Gasteiger partial charge in [0.2, 0.25) is 5.91 Å². The number of amides is 2. The molecule has 5 heteroatoms. The van der Waals surface area contributed by atoms with E-state index < -0.39 is 5.41 Å². The fraction of sp³-hybridized carbons (Fsp3) is 0.429. The Morgan fingerprint density at radius 2 is 1.95 bits per heavy atom. The van der Waals surface area contributed by atoms with E-state index in [4.69, 9.17) is 4.84 Å². The van der Waals surface area contributed by atoms with Gasteiger partial charge in [-0.05, 0) is 25.1 Å². The largest absolute Gasteiger partial charge is 0.326 e. The molecule has 1 aromatic rings. The van der Waals surface area contributed by atoms with E-state index >= 15 is 0 Å². The van der Waals surface area contributed by atoms with Crippen LogP contribution >= 0.6 is 0 Å². The van der Waals surface area contributed by atoms with Gasteiger partial charge in [0.15, 0.2) is 0 Å². The molecule has 0 unspecified atom stereocenters. The molecule has 1 aromatic carbocycles. The van der Waals surface area contributed by atoms with Gasteiger partial charge in [-0.1, -0.05) is 26.8 Å². The molecule has 0 radical (unpaired) electrons. The van der Waals surface area contributed by atoms with E-state index in [-0.39, 0.29) is 11.8 Å². The van der Waals surface area contributed by atoms with Crippen molar-refractivity contribution < 1.29 is 14.4 Å². The lowest BCUT2D eigenvalue weighted by Gasteiger charge is -2.17. The van der Waals surface area contributed by atoms with Crippen molar-refractivity contribution >= 4 is 17.5 Å². The van der Waals surface area contributed by atoms with Gasteiger partial charge < -0.3 is 5.32 Å². The van der Waals surface area contributed by atoms with Gasteiger partial charge in [-0.3, -0.25) is 14.4 Å². The van der Waals surface area contributed by atoms with Crippen molar-refractivity contribution in [1.29, 1.82) is 0 Å². The van der Waals surface area contributed by atoms with Gasteiger partial charge in [0.05, 0.1) is 6.61 Å². The first kappa shape index (κ1) is 15.2. The zero-order valence-electron chi connectivity index (χ0n) is 11.7. The summed E-state index contributed by atoms with van der Waals surface area (Å²) in [5.41, 5.74) is 2.84. The van der Waals surface area contributed by atoms with Gasteiger partial charge in [-0.25, -0.2) is 5.48 Å². The van der Waals surface area contributed by atoms with Gasteiger partial charge in [-0.15, -0.1) is 0 Å². The normalized spacial score (nSPS) is 10.9. The molecular weight excluding hydrogens is 244 g/mol. The Bertz CT molecular complexity index is 464. The van der Waals surface area contributed by atoms with Crippen LogP contribution in [-0.4, -0.2) is 18.4 Å². The van der Waals surface area contributed by atoms with Crippen LogP contribution in [0, 0.1) is 5.41 Å². The molecule has 0 bridgehead atoms. The van der Waals surface area contributed by atoms with E-state index in [1.54, 1.807) is 31.2 Å². The average Bonchev–Trinajstić information content (AvgIpc) is 2.35. The topological polar surface area (TPSA) is 67.4 Å². The fourth-order valence-corrected chi connectivity index (χ4v) is 1.25. The number of hydroxylamine groups is 1. The lowest BCUT2D eigenvalue weighted by molar-refractivity contribution is -0.123. The molecule has 19 heavy (non-hydrogen) atoms. The number of carbonyl (C=O) groups is 2. The Hall–Kier alpha value is -1.88. The smallest absolute Gasteiger partial charge is 0.274 e. The van der Waals surface area contributed by atoms with E-state index in [0.717, 1.165) is 0 Å². The summed E-state index contributed by atoms with van der Waals surface area (Å²) in [5.74, 6) is -0.441. The first-order valence-corrected chi connectivity index (χ1v) is 6.18. The highest BCUT2D eigenvalue weighted by Gasteiger charge is 2.21. The molecule has 0 fully saturated rings. The molecule has 0 heterocycles. The minimum atomic E-state index is -0.483. The summed E-state index contributed by atoms with van der Waals surface area (Å²) in [6.45, 7) is 7.66. The second kappa shape index (κ2) is 6.33. The standard InChI is InChI=1S/C14H20N2O3/c1-5-19-16-12(17)10-7-6-8-11(9-10)15-13(18)14(2,3)4/h6-9H,5H2,1-4H3,(H,15,18)(H,16,17). The van der Waals surface area contributed by atoms with Crippen molar-refractivity contribution in [3.05, 3.63) is 29.8 Å². The van der Waals surface area contributed by atoms with Gasteiger partial charge in [0, 0.05) is 16.7 Å². The molecule has 0 spiro atoms. The van der Waals surface area contributed by atoms with Crippen molar-refractivity contribution in [3.8, 4) is 0 Å². The monoisotopic (exact) mass is 264 g/mol. The van der Waals surface area contributed by atoms with Crippen LogP contribution in [0.2, 0.25) is 0 Å². The summed E-state index contributed by atoms with van der Waals surface area (Å²) < 4.78 is 0. The number of anilines is 1. The third-order valence-electron chi connectivity index (χ3n) is 2.37. The molecule has 0 saturated carbocycles. The summed E-state index contributed by atoms with van der Waals surface area (Å²) in [6, 6.07) is 6.71. The summed E-state index contributed by atoms with van der Waals surface area (Å²) in [4.78, 5) is 28.4. The molecule has 2 amide bonds. The van der Waals surface area contributed by atoms with Crippen LogP contribution in [0.5, 0.6) is 0 Å². The Balaban J connectivity index is 2.77. The molecular formula is C14H20N2O3. The summed E-state index contributed by atoms with van der Waals surface area (Å²) >= 11 is 0. The number of carbonyl (C=O) groups excluding carboxylic acids is 2. The minimum absolute atomic E-state index is 0.102. The zero-order valence-corrected chi connectivity index (χ0v) is 11.7. The van der Waals surface area contributed by atoms with Crippen LogP contribution in [0.15, 0.2) is 24.3 Å². The first-order valence-electron chi connectivity index (χ1n) is 6.18. The summed E-state index contributed by atoms with van der Waals surface area (Å²) in [5, 5.41) is 2.77. The highest BCUT2D eigenvalue weighted by atomic mass is 16.6. The lowest BCUT2D eigenvalue weighted by Crippen LogP contribution is -2.28. The Kier molecular flexibility index (Phi) is 5.06. The van der Waals surface area contributed by atoms with E-state index in [0.29, 0.717) is 17.9 Å². The molecule has 0 aromatic heterocycles. The van der Waals surface area contributed by atoms with E-state index in [1.165, 1.54) is 0 Å². The van der Waals surface area contributed by atoms with Crippen molar-refractivity contribution in [2.45, 2.75) is 27.7 Å². The SMILES string of the molecule is CCONC(=O)c1cccc(NC(=O)C(C)(C)C)c1. The number of rotatable bonds is 4. The van der Waals surface area contributed by atoms with Crippen molar-refractivity contribution in [3.63, 3.8) is 0 Å². The Morgan fingerprint density at radius 1 is 1.26 bits per heavy atom. The minimum Gasteiger partial charge on any atom is -0.326 e. The third kappa shape index (κ3) is 4.71. The second-order valence-electron chi connectivity index (χ2n) is 5.15. The maximum atomic E-state index is 11.9. The van der Waals surface area contributed by atoms with Crippen molar-refractivity contribution in [2.24, 2.45) is 5.41 Å². The number of hydrogen-bond donors (Lipinski definition) is 2. The molecule has 0 atom stereocenters. The second-order valence-corrected chi connectivity index (χ2v) is 5.15. The van der Waals surface area contributed by atoms with E-state index in [9.17, 15) is 9.59 Å². The van der Waals surface area contributed by atoms with Crippen LogP contribution in [0.1, 0.15) is 38.1 Å². The lowest BCUT2D eigenvalue weighted by atomic mass is 9.95. The molecule has 0 aliphatic rings. The van der Waals surface area contributed by atoms with Gasteiger partial charge >= 0.3 is 0 Å². The highest BCUT2D eigenvalue weighted by Crippen LogP contribution is 2.18.